The minimum absolute atomic E-state index is 0.0857. The summed E-state index contributed by atoms with van der Waals surface area (Å²) >= 11 is 0. The van der Waals surface area contributed by atoms with E-state index >= 15 is 0 Å². The third kappa shape index (κ3) is 5.23. The van der Waals surface area contributed by atoms with E-state index in [9.17, 15) is 13.2 Å². The van der Waals surface area contributed by atoms with E-state index in [-0.39, 0.29) is 24.1 Å². The predicted octanol–water partition coefficient (Wildman–Crippen LogP) is 2.81. The Labute approximate surface area is 185 Å². The lowest BCUT2D eigenvalue weighted by Crippen LogP contribution is -2.61. The first-order valence-electron chi connectivity index (χ1n) is 11.5. The fourth-order valence-corrected chi connectivity index (χ4v) is 6.12. The SMILES string of the molecule is CC[C@@H]1Oc2ccccc2C2CCC(CC2)OC[C@H]2C(NS(C)(=O)=O)CCCN2C1=O. The second kappa shape index (κ2) is 9.46. The van der Waals surface area contributed by atoms with Gasteiger partial charge in [-0.05, 0) is 62.5 Å². The number of ether oxygens (including phenoxy) is 2. The van der Waals surface area contributed by atoms with E-state index in [2.05, 4.69) is 10.8 Å². The molecule has 1 N–H and O–H groups in total. The summed E-state index contributed by atoms with van der Waals surface area (Å²) in [7, 11) is -3.39. The number of hydrogen-bond donors (Lipinski definition) is 1. The Morgan fingerprint density at radius 3 is 2.58 bits per heavy atom. The molecule has 1 aromatic carbocycles. The van der Waals surface area contributed by atoms with Crippen LogP contribution >= 0.6 is 0 Å². The molecule has 0 spiro atoms. The lowest BCUT2D eigenvalue weighted by molar-refractivity contribution is -0.146. The minimum atomic E-state index is -3.39. The van der Waals surface area contributed by atoms with Crippen LogP contribution in [0.2, 0.25) is 0 Å². The van der Waals surface area contributed by atoms with Crippen molar-refractivity contribution in [2.24, 2.45) is 0 Å². The Kier molecular flexibility index (Phi) is 6.89. The quantitative estimate of drug-likeness (QED) is 0.766. The molecule has 8 heteroatoms. The number of benzene rings is 1. The number of rotatable bonds is 3. The molecule has 2 fully saturated rings. The average Bonchev–Trinajstić information content (AvgIpc) is 2.76. The monoisotopic (exact) mass is 450 g/mol. The average molecular weight is 451 g/mol. The molecule has 1 saturated carbocycles. The lowest BCUT2D eigenvalue weighted by atomic mass is 9.82. The third-order valence-electron chi connectivity index (χ3n) is 6.88. The number of fused-ring (bicyclic) bond motifs is 5. The van der Waals surface area contributed by atoms with E-state index in [0.29, 0.717) is 31.9 Å². The molecule has 31 heavy (non-hydrogen) atoms. The van der Waals surface area contributed by atoms with Gasteiger partial charge < -0.3 is 14.4 Å². The van der Waals surface area contributed by atoms with Crippen LogP contribution in [0, 0.1) is 0 Å². The van der Waals surface area contributed by atoms with Crippen LogP contribution < -0.4 is 9.46 Å². The highest BCUT2D eigenvalue weighted by Crippen LogP contribution is 2.39. The van der Waals surface area contributed by atoms with Crippen molar-refractivity contribution in [1.82, 2.24) is 9.62 Å². The minimum Gasteiger partial charge on any atom is -0.480 e. The van der Waals surface area contributed by atoms with Gasteiger partial charge in [0.15, 0.2) is 6.10 Å². The highest BCUT2D eigenvalue weighted by molar-refractivity contribution is 7.88. The van der Waals surface area contributed by atoms with E-state index in [4.69, 9.17) is 9.47 Å². The van der Waals surface area contributed by atoms with Crippen molar-refractivity contribution < 1.29 is 22.7 Å². The number of nitrogens with zero attached hydrogens (tertiary/aromatic N) is 1. The number of carbonyl (C=O) groups is 1. The third-order valence-corrected chi connectivity index (χ3v) is 7.61. The van der Waals surface area contributed by atoms with E-state index in [1.165, 1.54) is 11.8 Å². The molecule has 172 valence electrons. The number of sulfonamides is 1. The van der Waals surface area contributed by atoms with E-state index in [1.54, 1.807) is 4.90 Å². The molecular weight excluding hydrogens is 416 g/mol. The van der Waals surface area contributed by atoms with Crippen LogP contribution in [0.15, 0.2) is 24.3 Å². The summed E-state index contributed by atoms with van der Waals surface area (Å²) in [6.07, 6.45) is 6.67. The smallest absolute Gasteiger partial charge is 0.264 e. The highest BCUT2D eigenvalue weighted by Gasteiger charge is 2.40. The van der Waals surface area contributed by atoms with Gasteiger partial charge in [0, 0.05) is 12.6 Å². The molecule has 1 unspecified atom stereocenters. The molecule has 1 aromatic rings. The van der Waals surface area contributed by atoms with Crippen LogP contribution in [-0.2, 0) is 19.6 Å². The van der Waals surface area contributed by atoms with Crippen molar-refractivity contribution in [2.45, 2.75) is 82.1 Å². The largest absolute Gasteiger partial charge is 0.480 e. The van der Waals surface area contributed by atoms with Crippen molar-refractivity contribution in [3.63, 3.8) is 0 Å². The zero-order chi connectivity index (χ0) is 22.0. The molecule has 0 aromatic heterocycles. The first kappa shape index (κ1) is 22.6. The first-order valence-corrected chi connectivity index (χ1v) is 13.4. The van der Waals surface area contributed by atoms with E-state index < -0.39 is 16.1 Å². The Morgan fingerprint density at radius 2 is 1.87 bits per heavy atom. The number of hydrogen-bond acceptors (Lipinski definition) is 5. The van der Waals surface area contributed by atoms with Gasteiger partial charge in [-0.1, -0.05) is 25.1 Å². The fourth-order valence-electron chi connectivity index (χ4n) is 5.30. The second-order valence-electron chi connectivity index (χ2n) is 9.10. The molecule has 1 aliphatic carbocycles. The van der Waals surface area contributed by atoms with Crippen molar-refractivity contribution in [3.8, 4) is 5.75 Å². The maximum Gasteiger partial charge on any atom is 0.264 e. The van der Waals surface area contributed by atoms with Crippen LogP contribution in [0.25, 0.3) is 0 Å². The van der Waals surface area contributed by atoms with E-state index in [1.807, 2.05) is 25.1 Å². The topological polar surface area (TPSA) is 84.9 Å². The number of piperidine rings is 1. The zero-order valence-electron chi connectivity index (χ0n) is 18.5. The van der Waals surface area contributed by atoms with Crippen LogP contribution in [0.5, 0.6) is 5.75 Å². The maximum absolute atomic E-state index is 13.6. The first-order chi connectivity index (χ1) is 14.9. The van der Waals surface area contributed by atoms with Crippen molar-refractivity contribution in [1.29, 1.82) is 0 Å². The van der Waals surface area contributed by atoms with Crippen LogP contribution in [0.4, 0.5) is 0 Å². The summed E-state index contributed by atoms with van der Waals surface area (Å²) < 4.78 is 39.3. The lowest BCUT2D eigenvalue weighted by Gasteiger charge is -2.42. The van der Waals surface area contributed by atoms with Gasteiger partial charge in [-0.2, -0.15) is 0 Å². The molecular formula is C23H34N2O5S. The molecule has 1 amide bonds. The summed E-state index contributed by atoms with van der Waals surface area (Å²) in [5.41, 5.74) is 1.18. The van der Waals surface area contributed by atoms with Gasteiger partial charge in [0.25, 0.3) is 5.91 Å². The van der Waals surface area contributed by atoms with Gasteiger partial charge in [-0.15, -0.1) is 0 Å². The molecule has 1 saturated heterocycles. The molecule has 2 bridgehead atoms. The Hall–Kier alpha value is -1.64. The molecule has 3 atom stereocenters. The summed E-state index contributed by atoms with van der Waals surface area (Å²) in [6, 6.07) is 7.40. The van der Waals surface area contributed by atoms with Gasteiger partial charge >= 0.3 is 0 Å². The predicted molar refractivity (Wildman–Crippen MR) is 119 cm³/mol. The fraction of sp³-hybridized carbons (Fsp3) is 0.696. The molecule has 4 aliphatic rings. The van der Waals surface area contributed by atoms with Crippen LogP contribution in [0.1, 0.15) is 63.4 Å². The molecule has 0 radical (unpaired) electrons. The molecule has 3 aliphatic heterocycles. The maximum atomic E-state index is 13.6. The summed E-state index contributed by atoms with van der Waals surface area (Å²) in [5, 5.41) is 0. The summed E-state index contributed by atoms with van der Waals surface area (Å²) in [4.78, 5) is 15.4. The van der Waals surface area contributed by atoms with Crippen LogP contribution in [0.3, 0.4) is 0 Å². The van der Waals surface area contributed by atoms with Crippen molar-refractivity contribution in [2.75, 3.05) is 19.4 Å². The second-order valence-corrected chi connectivity index (χ2v) is 10.9. The summed E-state index contributed by atoms with van der Waals surface area (Å²) in [6.45, 7) is 2.89. The zero-order valence-corrected chi connectivity index (χ0v) is 19.3. The van der Waals surface area contributed by atoms with Gasteiger partial charge in [0.05, 0.1) is 25.0 Å². The molecule has 7 nitrogen and oxygen atoms in total. The van der Waals surface area contributed by atoms with Gasteiger partial charge in [0.1, 0.15) is 5.75 Å². The molecule has 3 heterocycles. The standard InChI is InChI=1S/C23H34N2O5S/c1-3-21-23(26)25-14-6-8-19(24-31(2,27)28)20(25)15-29-17-12-10-16(11-13-17)18-7-4-5-9-22(18)30-21/h4-5,7,9,16-17,19-21,24H,3,6,8,10-15H2,1-2H3/t16?,17?,19?,20-,21-/m0/s1. The van der Waals surface area contributed by atoms with Gasteiger partial charge in [-0.3, -0.25) is 4.79 Å². The van der Waals surface area contributed by atoms with E-state index in [0.717, 1.165) is 37.9 Å². The number of nitrogens with one attached hydrogen (secondary N) is 1. The number of para-hydroxylation sites is 1. The Bertz CT molecular complexity index is 882. The Morgan fingerprint density at radius 1 is 1.13 bits per heavy atom. The number of amides is 1. The normalized spacial score (nSPS) is 32.1. The number of carbonyl (C=O) groups excluding carboxylic acids is 1. The van der Waals surface area contributed by atoms with Crippen molar-refractivity contribution >= 4 is 15.9 Å². The highest BCUT2D eigenvalue weighted by atomic mass is 32.2. The molecule has 5 rings (SSSR count). The van der Waals surface area contributed by atoms with Gasteiger partial charge in [0.2, 0.25) is 10.0 Å². The Balaban J connectivity index is 1.68. The van der Waals surface area contributed by atoms with Crippen molar-refractivity contribution in [3.05, 3.63) is 29.8 Å². The summed E-state index contributed by atoms with van der Waals surface area (Å²) in [5.74, 6) is 1.12. The van der Waals surface area contributed by atoms with Gasteiger partial charge in [-0.25, -0.2) is 13.1 Å². The van der Waals surface area contributed by atoms with Crippen LogP contribution in [-0.4, -0.2) is 62.9 Å².